The summed E-state index contributed by atoms with van der Waals surface area (Å²) in [5.41, 5.74) is 6.65. The second-order valence-corrected chi connectivity index (χ2v) is 4.33. The summed E-state index contributed by atoms with van der Waals surface area (Å²) in [6.07, 6.45) is 0.962. The van der Waals surface area contributed by atoms with Crippen LogP contribution in [-0.4, -0.2) is 12.3 Å². The molecule has 70 valence electrons. The van der Waals surface area contributed by atoms with Gasteiger partial charge in [-0.25, -0.2) is 4.39 Å². The highest BCUT2D eigenvalue weighted by Crippen LogP contribution is 2.41. The van der Waals surface area contributed by atoms with E-state index in [9.17, 15) is 4.39 Å². The molecule has 3 heteroatoms. The first-order valence-electron chi connectivity index (χ1n) is 4.43. The van der Waals surface area contributed by atoms with Crippen molar-refractivity contribution in [3.8, 4) is 0 Å². The maximum absolute atomic E-state index is 12.9. The molecule has 13 heavy (non-hydrogen) atoms. The molecule has 0 saturated carbocycles. The van der Waals surface area contributed by atoms with Gasteiger partial charge in [0.1, 0.15) is 5.82 Å². The molecule has 1 aliphatic heterocycles. The predicted molar refractivity (Wildman–Crippen MR) is 53.5 cm³/mol. The first-order valence-corrected chi connectivity index (χ1v) is 5.42. The van der Waals surface area contributed by atoms with E-state index in [0.29, 0.717) is 12.5 Å². The monoisotopic (exact) mass is 197 g/mol. The molecule has 0 spiro atoms. The number of nitrogens with two attached hydrogens (primary N) is 1. The Labute approximate surface area is 81.5 Å². The summed E-state index contributed by atoms with van der Waals surface area (Å²) in [6.45, 7) is 0.682. The Morgan fingerprint density at radius 3 is 3.15 bits per heavy atom. The lowest BCUT2D eigenvalue weighted by atomic mass is 9.98. The molecule has 1 aromatic carbocycles. The zero-order valence-corrected chi connectivity index (χ0v) is 8.11. The second-order valence-electron chi connectivity index (χ2n) is 3.27. The minimum absolute atomic E-state index is 0.136. The summed E-state index contributed by atoms with van der Waals surface area (Å²) in [5.74, 6) is 1.37. The topological polar surface area (TPSA) is 26.0 Å². The largest absolute Gasteiger partial charge is 0.330 e. The number of hydrogen-bond acceptors (Lipinski definition) is 2. The van der Waals surface area contributed by atoms with Crippen molar-refractivity contribution in [3.63, 3.8) is 0 Å². The maximum Gasteiger partial charge on any atom is 0.123 e. The summed E-state index contributed by atoms with van der Waals surface area (Å²) in [4.78, 5) is 1.22. The van der Waals surface area contributed by atoms with E-state index in [-0.39, 0.29) is 5.82 Å². The Morgan fingerprint density at radius 2 is 2.38 bits per heavy atom. The van der Waals surface area contributed by atoms with Crippen LogP contribution in [0.5, 0.6) is 0 Å². The molecule has 1 aliphatic rings. The van der Waals surface area contributed by atoms with E-state index in [2.05, 4.69) is 0 Å². The van der Waals surface area contributed by atoms with Crippen LogP contribution in [0.25, 0.3) is 0 Å². The number of fused-ring (bicyclic) bond motifs is 1. The number of halogens is 1. The number of hydrogen-bond donors (Lipinski definition) is 1. The van der Waals surface area contributed by atoms with Crippen LogP contribution in [0.3, 0.4) is 0 Å². The van der Waals surface area contributed by atoms with E-state index >= 15 is 0 Å². The van der Waals surface area contributed by atoms with Crippen LogP contribution in [0, 0.1) is 5.82 Å². The van der Waals surface area contributed by atoms with Crippen LogP contribution >= 0.6 is 11.8 Å². The summed E-state index contributed by atoms with van der Waals surface area (Å²) in [6, 6.07) is 5.04. The molecule has 1 nitrogen and oxygen atoms in total. The Bertz CT molecular complexity index is 312. The fourth-order valence-electron chi connectivity index (χ4n) is 1.69. The van der Waals surface area contributed by atoms with E-state index < -0.39 is 0 Å². The van der Waals surface area contributed by atoms with Crippen molar-refractivity contribution >= 4 is 11.8 Å². The lowest BCUT2D eigenvalue weighted by Crippen LogP contribution is -2.06. The van der Waals surface area contributed by atoms with Crippen molar-refractivity contribution < 1.29 is 4.39 Å². The molecule has 0 aliphatic carbocycles. The van der Waals surface area contributed by atoms with Gasteiger partial charge in [0.25, 0.3) is 0 Å². The van der Waals surface area contributed by atoms with Crippen LogP contribution in [0.4, 0.5) is 4.39 Å². The Morgan fingerprint density at radius 1 is 1.54 bits per heavy atom. The van der Waals surface area contributed by atoms with Crippen LogP contribution < -0.4 is 5.73 Å². The molecule has 0 fully saturated rings. The number of rotatable bonds is 2. The number of thioether (sulfide) groups is 1. The second kappa shape index (κ2) is 3.68. The number of benzene rings is 1. The molecule has 0 aromatic heterocycles. The Balaban J connectivity index is 2.29. The van der Waals surface area contributed by atoms with E-state index in [1.807, 2.05) is 6.07 Å². The first kappa shape index (κ1) is 9.03. The highest BCUT2D eigenvalue weighted by molar-refractivity contribution is 7.99. The van der Waals surface area contributed by atoms with Gasteiger partial charge in [-0.05, 0) is 42.6 Å². The lowest BCUT2D eigenvalue weighted by Gasteiger charge is -2.07. The van der Waals surface area contributed by atoms with Gasteiger partial charge in [0.05, 0.1) is 0 Å². The molecule has 0 radical (unpaired) electrons. The Kier molecular flexibility index (Phi) is 2.56. The van der Waals surface area contributed by atoms with Crippen LogP contribution in [0.15, 0.2) is 23.1 Å². The zero-order chi connectivity index (χ0) is 9.26. The van der Waals surface area contributed by atoms with Crippen molar-refractivity contribution in [1.29, 1.82) is 0 Å². The van der Waals surface area contributed by atoms with Gasteiger partial charge >= 0.3 is 0 Å². The van der Waals surface area contributed by atoms with E-state index in [1.54, 1.807) is 17.8 Å². The molecule has 1 atom stereocenters. The van der Waals surface area contributed by atoms with Crippen molar-refractivity contribution in [1.82, 2.24) is 0 Å². The minimum Gasteiger partial charge on any atom is -0.330 e. The summed E-state index contributed by atoms with van der Waals surface area (Å²) in [5, 5.41) is 0. The van der Waals surface area contributed by atoms with Crippen molar-refractivity contribution in [2.45, 2.75) is 17.2 Å². The highest BCUT2D eigenvalue weighted by Gasteiger charge is 2.22. The third kappa shape index (κ3) is 1.71. The smallest absolute Gasteiger partial charge is 0.123 e. The third-order valence-corrected chi connectivity index (χ3v) is 3.62. The average Bonchev–Trinajstić information content (AvgIpc) is 2.49. The van der Waals surface area contributed by atoms with Gasteiger partial charge < -0.3 is 5.73 Å². The molecular formula is C10H12FNS. The predicted octanol–water partition coefficient (Wildman–Crippen LogP) is 2.36. The highest BCUT2D eigenvalue weighted by atomic mass is 32.2. The van der Waals surface area contributed by atoms with Crippen LogP contribution in [0.1, 0.15) is 17.9 Å². The molecule has 0 amide bonds. The molecule has 1 aromatic rings. The fourth-order valence-corrected chi connectivity index (χ4v) is 2.97. The zero-order valence-electron chi connectivity index (χ0n) is 7.29. The van der Waals surface area contributed by atoms with E-state index in [4.69, 9.17) is 5.73 Å². The summed E-state index contributed by atoms with van der Waals surface area (Å²) < 4.78 is 12.9. The summed E-state index contributed by atoms with van der Waals surface area (Å²) in [7, 11) is 0. The molecule has 0 bridgehead atoms. The van der Waals surface area contributed by atoms with E-state index in [0.717, 1.165) is 17.7 Å². The molecule has 0 saturated heterocycles. The molecule has 2 rings (SSSR count). The van der Waals surface area contributed by atoms with Gasteiger partial charge in [-0.15, -0.1) is 11.8 Å². The van der Waals surface area contributed by atoms with Gasteiger partial charge in [0.15, 0.2) is 0 Å². The lowest BCUT2D eigenvalue weighted by molar-refractivity contribution is 0.616. The minimum atomic E-state index is -0.136. The van der Waals surface area contributed by atoms with Crippen molar-refractivity contribution in [2.24, 2.45) is 5.73 Å². The van der Waals surface area contributed by atoms with Gasteiger partial charge in [0.2, 0.25) is 0 Å². The third-order valence-electron chi connectivity index (χ3n) is 2.37. The molecular weight excluding hydrogens is 185 g/mol. The standard InChI is InChI=1S/C10H12FNS/c11-8-1-2-10-9(5-8)7(3-4-12)6-13-10/h1-2,5,7H,3-4,6,12H2. The van der Waals surface area contributed by atoms with Gasteiger partial charge in [-0.2, -0.15) is 0 Å². The Hall–Kier alpha value is -0.540. The maximum atomic E-state index is 12.9. The van der Waals surface area contributed by atoms with E-state index in [1.165, 1.54) is 11.0 Å². The molecule has 2 N–H and O–H groups in total. The van der Waals surface area contributed by atoms with Gasteiger partial charge in [-0.3, -0.25) is 0 Å². The normalized spacial score (nSPS) is 20.3. The van der Waals surface area contributed by atoms with Crippen molar-refractivity contribution in [3.05, 3.63) is 29.6 Å². The quantitative estimate of drug-likeness (QED) is 0.787. The van der Waals surface area contributed by atoms with Crippen molar-refractivity contribution in [2.75, 3.05) is 12.3 Å². The SMILES string of the molecule is NCCC1CSc2ccc(F)cc21. The summed E-state index contributed by atoms with van der Waals surface area (Å²) >= 11 is 1.80. The van der Waals surface area contributed by atoms with Gasteiger partial charge in [0, 0.05) is 10.6 Å². The van der Waals surface area contributed by atoms with Crippen LogP contribution in [0.2, 0.25) is 0 Å². The van der Waals surface area contributed by atoms with Crippen LogP contribution in [-0.2, 0) is 0 Å². The molecule has 1 unspecified atom stereocenters. The average molecular weight is 197 g/mol. The fraction of sp³-hybridized carbons (Fsp3) is 0.400. The molecule has 1 heterocycles. The van der Waals surface area contributed by atoms with Gasteiger partial charge in [-0.1, -0.05) is 0 Å². The first-order chi connectivity index (χ1) is 6.31.